The van der Waals surface area contributed by atoms with E-state index in [1.165, 1.54) is 40.9 Å². The van der Waals surface area contributed by atoms with Gasteiger partial charge < -0.3 is 15.0 Å². The third kappa shape index (κ3) is 7.99. The van der Waals surface area contributed by atoms with Crippen LogP contribution in [0, 0.1) is 17.6 Å². The maximum Gasteiger partial charge on any atom is 0.416 e. The molecule has 1 saturated carbocycles. The Kier molecular flexibility index (Phi) is 10.6. The van der Waals surface area contributed by atoms with Crippen molar-refractivity contribution in [2.45, 2.75) is 56.0 Å². The van der Waals surface area contributed by atoms with Crippen molar-refractivity contribution in [3.8, 4) is 5.69 Å². The fourth-order valence-electron chi connectivity index (χ4n) is 8.68. The average Bonchev–Trinajstić information content (AvgIpc) is 3.75. The van der Waals surface area contributed by atoms with Crippen LogP contribution < -0.4 is 20.5 Å². The third-order valence-corrected chi connectivity index (χ3v) is 12.3. The number of carbonyl (C=O) groups excluding carboxylic acids is 1. The number of fused-ring (bicyclic) bond motifs is 5. The van der Waals surface area contributed by atoms with Crippen molar-refractivity contribution < 1.29 is 57.5 Å². The highest BCUT2D eigenvalue weighted by Gasteiger charge is 2.67. The minimum absolute atomic E-state index is 0.00135. The number of nitrogens with one attached hydrogen (secondary N) is 2. The Labute approximate surface area is 365 Å². The van der Waals surface area contributed by atoms with Gasteiger partial charge in [0.1, 0.15) is 41.2 Å². The lowest BCUT2D eigenvalue weighted by atomic mass is 10.0. The number of alkyl halides is 7. The molecule has 3 aliphatic rings. The molecule has 1 saturated heterocycles. The van der Waals surface area contributed by atoms with Crippen molar-refractivity contribution in [1.29, 1.82) is 0 Å². The highest BCUT2D eigenvalue weighted by atomic mass is 35.5. The molecule has 2 aromatic carbocycles. The smallest absolute Gasteiger partial charge is 0.365 e. The number of amides is 1. The molecule has 2 aliphatic carbocycles. The van der Waals surface area contributed by atoms with Crippen LogP contribution in [0.5, 0.6) is 0 Å². The Hall–Kier alpha value is -5.95. The molecule has 6 aromatic rings. The van der Waals surface area contributed by atoms with Gasteiger partial charge >= 0.3 is 6.18 Å². The zero-order chi connectivity index (χ0) is 46.7. The van der Waals surface area contributed by atoms with Crippen LogP contribution in [0.2, 0.25) is 5.02 Å². The van der Waals surface area contributed by atoms with E-state index in [2.05, 4.69) is 30.2 Å². The molecule has 2 N–H and O–H groups in total. The number of rotatable bonds is 11. The maximum absolute atomic E-state index is 15.5. The van der Waals surface area contributed by atoms with Crippen LogP contribution in [0.1, 0.15) is 53.1 Å². The van der Waals surface area contributed by atoms with Crippen LogP contribution in [0.4, 0.5) is 51.1 Å². The second-order valence-electron chi connectivity index (χ2n) is 15.9. The van der Waals surface area contributed by atoms with Crippen molar-refractivity contribution in [3.63, 3.8) is 0 Å². The van der Waals surface area contributed by atoms with E-state index in [1.807, 2.05) is 0 Å². The highest BCUT2D eigenvalue weighted by molar-refractivity contribution is 7.92. The van der Waals surface area contributed by atoms with E-state index in [9.17, 15) is 48.7 Å². The summed E-state index contributed by atoms with van der Waals surface area (Å²) in [6.45, 7) is -2.17. The number of aromatic nitrogens is 7. The fourth-order valence-corrected chi connectivity index (χ4v) is 9.42. The van der Waals surface area contributed by atoms with Crippen LogP contribution in [-0.4, -0.2) is 86.7 Å². The predicted molar refractivity (Wildman–Crippen MR) is 214 cm³/mol. The van der Waals surface area contributed by atoms with E-state index in [1.54, 1.807) is 0 Å². The number of ether oxygens (including phenoxy) is 1. The summed E-state index contributed by atoms with van der Waals surface area (Å²) in [5, 5.41) is 10.2. The monoisotopic (exact) mass is 958 g/mol. The first-order valence-corrected chi connectivity index (χ1v) is 21.8. The molecule has 1 aliphatic heterocycles. The normalized spacial score (nSPS) is 19.8. The summed E-state index contributed by atoms with van der Waals surface area (Å²) in [6, 6.07) is 5.75. The molecule has 26 heteroatoms. The summed E-state index contributed by atoms with van der Waals surface area (Å²) in [4.78, 5) is 39.4. The molecular weight excluding hydrogens is 927 g/mol. The molecule has 0 bridgehead atoms. The minimum Gasteiger partial charge on any atom is -0.365 e. The first-order chi connectivity index (χ1) is 30.5. The number of anilines is 2. The number of morpholine rings is 1. The van der Waals surface area contributed by atoms with Gasteiger partial charge in [-0.05, 0) is 54.3 Å². The Bertz CT molecular complexity index is 3110. The number of halogens is 10. The lowest BCUT2D eigenvalue weighted by Gasteiger charge is -2.34. The first-order valence-electron chi connectivity index (χ1n) is 19.5. The van der Waals surface area contributed by atoms with E-state index < -0.39 is 118 Å². The quantitative estimate of drug-likeness (QED) is 0.143. The number of benzene rings is 2. The standard InChI is InChI=1S/C39H32ClF9N10O5S/c1-56-31-24(5-4-22(40)29(31)35(54-56)55-65(2,62)63)59-36(52-34-19(37(59)61)3-6-26(51-34)57-7-8-64-25(14-57)39(47,48)49)23(11-16-9-17(41)12-18(42)10-16)50-27(60)15-58-32-28(30(53-58)33(43)44)20-13-21(20)38(32,45)46/h3-6,9-10,12,20-21,23,25,33H,7-8,11,13-15H2,1-2H3,(H,50,60)(H,54,55)/t20-,21+,23-,25+/m0/s1. The molecule has 4 aromatic heterocycles. The van der Waals surface area contributed by atoms with Crippen molar-refractivity contribution >= 4 is 61.1 Å². The zero-order valence-corrected chi connectivity index (χ0v) is 35.1. The summed E-state index contributed by atoms with van der Waals surface area (Å²) in [6.07, 6.45) is -10.0. The molecular formula is C39H32ClF9N10O5S. The van der Waals surface area contributed by atoms with Gasteiger partial charge in [-0.3, -0.25) is 28.2 Å². The number of aryl methyl sites for hydroxylation is 1. The zero-order valence-electron chi connectivity index (χ0n) is 33.5. The second kappa shape index (κ2) is 15.6. The number of sulfonamides is 1. The Morgan fingerprint density at radius 2 is 1.78 bits per heavy atom. The molecule has 0 radical (unpaired) electrons. The van der Waals surface area contributed by atoms with E-state index >= 15 is 8.78 Å². The summed E-state index contributed by atoms with van der Waals surface area (Å²) in [7, 11) is -2.60. The molecule has 2 fully saturated rings. The van der Waals surface area contributed by atoms with E-state index in [0.29, 0.717) is 10.7 Å². The van der Waals surface area contributed by atoms with Gasteiger partial charge in [-0.15, -0.1) is 0 Å². The number of hydrogen-bond acceptors (Lipinski definition) is 10. The second-order valence-corrected chi connectivity index (χ2v) is 18.1. The van der Waals surface area contributed by atoms with Crippen molar-refractivity contribution in [2.24, 2.45) is 13.0 Å². The molecule has 9 rings (SSSR count). The molecule has 5 heterocycles. The predicted octanol–water partition coefficient (Wildman–Crippen LogP) is 6.18. The van der Waals surface area contributed by atoms with Crippen molar-refractivity contribution in [3.05, 3.63) is 97.8 Å². The molecule has 0 spiro atoms. The van der Waals surface area contributed by atoms with Gasteiger partial charge in [-0.1, -0.05) is 11.6 Å². The van der Waals surface area contributed by atoms with Crippen molar-refractivity contribution in [2.75, 3.05) is 35.6 Å². The van der Waals surface area contributed by atoms with Gasteiger partial charge in [0.15, 0.2) is 17.6 Å². The van der Waals surface area contributed by atoms with Gasteiger partial charge in [0.05, 0.1) is 52.4 Å². The Morgan fingerprint density at radius 1 is 1.06 bits per heavy atom. The topological polar surface area (TPSA) is 171 Å². The summed E-state index contributed by atoms with van der Waals surface area (Å²) in [5.41, 5.74) is -3.72. The molecule has 15 nitrogen and oxygen atoms in total. The number of nitrogens with zero attached hydrogens (tertiary/aromatic N) is 8. The number of carbonyl (C=O) groups is 1. The van der Waals surface area contributed by atoms with E-state index in [-0.39, 0.29) is 69.3 Å². The largest absolute Gasteiger partial charge is 0.416 e. The minimum atomic E-state index is -4.74. The summed E-state index contributed by atoms with van der Waals surface area (Å²) >= 11 is 6.58. The Morgan fingerprint density at radius 3 is 2.46 bits per heavy atom. The molecule has 65 heavy (non-hydrogen) atoms. The van der Waals surface area contributed by atoms with Gasteiger partial charge in [-0.2, -0.15) is 32.1 Å². The lowest BCUT2D eigenvalue weighted by Crippen LogP contribution is -2.49. The molecule has 0 unspecified atom stereocenters. The van der Waals surface area contributed by atoms with Crippen LogP contribution in [0.25, 0.3) is 27.6 Å². The molecule has 344 valence electrons. The lowest BCUT2D eigenvalue weighted by molar-refractivity contribution is -0.221. The third-order valence-electron chi connectivity index (χ3n) is 11.4. The van der Waals surface area contributed by atoms with Crippen molar-refractivity contribution in [1.82, 2.24) is 39.4 Å². The van der Waals surface area contributed by atoms with Crippen LogP contribution in [-0.2, 0) is 45.5 Å². The molecule has 4 atom stereocenters. The first kappa shape index (κ1) is 44.3. The average molecular weight is 959 g/mol. The number of pyridine rings is 1. The highest BCUT2D eigenvalue weighted by Crippen LogP contribution is 2.68. The van der Waals surface area contributed by atoms with Crippen LogP contribution in [0.15, 0.2) is 47.3 Å². The SMILES string of the molecule is Cn1nc(NS(C)(=O)=O)c2c(Cl)ccc(-n3c([C@H](Cc4cc(F)cc(F)c4)NC(=O)Cn4nc(C(F)F)c5c4C(F)(F)[C@@H]4C[C@H]54)nc4nc(N5CCO[C@@H](C(F)(F)F)C5)ccc4c3=O)c21. The maximum atomic E-state index is 15.5. The van der Waals surface area contributed by atoms with Gasteiger partial charge in [-0.25, -0.2) is 35.9 Å². The van der Waals surface area contributed by atoms with Crippen LogP contribution in [0.3, 0.4) is 0 Å². The van der Waals surface area contributed by atoms with Crippen LogP contribution >= 0.6 is 11.6 Å². The summed E-state index contributed by atoms with van der Waals surface area (Å²) < 4.78 is 164. The molecule has 1 amide bonds. The van der Waals surface area contributed by atoms with Gasteiger partial charge in [0.25, 0.3) is 17.9 Å². The van der Waals surface area contributed by atoms with Gasteiger partial charge in [0.2, 0.25) is 15.9 Å². The Balaban J connectivity index is 1.24. The van der Waals surface area contributed by atoms with Gasteiger partial charge in [0, 0.05) is 37.6 Å². The summed E-state index contributed by atoms with van der Waals surface area (Å²) in [5.74, 6) is -9.85. The fraction of sp³-hybridized carbons (Fsp3) is 0.385. The number of hydrogen-bond donors (Lipinski definition) is 2. The van der Waals surface area contributed by atoms with E-state index in [0.717, 1.165) is 23.0 Å². The van der Waals surface area contributed by atoms with E-state index in [4.69, 9.17) is 16.3 Å².